The van der Waals surface area contributed by atoms with Crippen LogP contribution in [0, 0.1) is 0 Å². The lowest BCUT2D eigenvalue weighted by atomic mass is 9.95. The van der Waals surface area contributed by atoms with E-state index >= 15 is 0 Å². The molecule has 1 fully saturated rings. The summed E-state index contributed by atoms with van der Waals surface area (Å²) >= 11 is 0. The second kappa shape index (κ2) is 11.0. The Bertz CT molecular complexity index is 1630. The van der Waals surface area contributed by atoms with Gasteiger partial charge >= 0.3 is 5.69 Å². The second-order valence-electron chi connectivity index (χ2n) is 10.3. The lowest BCUT2D eigenvalue weighted by molar-refractivity contribution is -0.135. The number of carbonyl (C=O) groups excluding carboxylic acids is 1. The van der Waals surface area contributed by atoms with Gasteiger partial charge < -0.3 is 9.64 Å². The molecular weight excluding hydrogens is 520 g/mol. The highest BCUT2D eigenvalue weighted by molar-refractivity contribution is 7.89. The van der Waals surface area contributed by atoms with Crippen LogP contribution in [0.15, 0.2) is 56.9 Å². The number of rotatable bonds is 2. The third-order valence-electron chi connectivity index (χ3n) is 7.82. The smallest absolute Gasteiger partial charge is 0.330 e. The van der Waals surface area contributed by atoms with Crippen molar-refractivity contribution in [3.05, 3.63) is 68.9 Å². The monoisotopic (exact) mass is 554 g/mol. The maximum Gasteiger partial charge on any atom is 0.330 e. The van der Waals surface area contributed by atoms with E-state index in [1.165, 1.54) is 41.2 Å². The van der Waals surface area contributed by atoms with Crippen molar-refractivity contribution in [2.24, 2.45) is 14.1 Å². The number of hydrogen-bond acceptors (Lipinski definition) is 6. The first-order valence-electron chi connectivity index (χ1n) is 13.4. The standard InChI is InChI=1S/C28H34N4O6S/c1-29-25-13-12-23(18-24(25)27(34)30(2)28(29)35)39(36,37)31-14-6-16-38-22-9-5-7-20(17-22)10-11-21-8-3-4-15-32(21)26(33)19-31/h5,7,9,12-13,17-18,21H,3-4,6,8,10-11,14-16,19H2,1-2H3. The summed E-state index contributed by atoms with van der Waals surface area (Å²) in [6.45, 7) is 0.694. The number of ether oxygens (including phenoxy) is 1. The van der Waals surface area contributed by atoms with Gasteiger partial charge in [0.15, 0.2) is 0 Å². The summed E-state index contributed by atoms with van der Waals surface area (Å²) in [7, 11) is -1.25. The van der Waals surface area contributed by atoms with Crippen LogP contribution in [0.4, 0.5) is 0 Å². The van der Waals surface area contributed by atoms with Gasteiger partial charge in [0.25, 0.3) is 5.56 Å². The largest absolute Gasteiger partial charge is 0.494 e. The number of fused-ring (bicyclic) bond motifs is 4. The SMILES string of the molecule is Cn1c(=O)c2cc(S(=O)(=O)N3CCCOc4cccc(c4)CCC4CCCCN4C(=O)C3)ccc2n(C)c1=O. The zero-order valence-corrected chi connectivity index (χ0v) is 23.2. The molecule has 1 amide bonds. The Morgan fingerprint density at radius 3 is 2.54 bits per heavy atom. The predicted molar refractivity (Wildman–Crippen MR) is 147 cm³/mol. The van der Waals surface area contributed by atoms with Crippen molar-refractivity contribution in [3.8, 4) is 5.75 Å². The van der Waals surface area contributed by atoms with E-state index in [1.807, 2.05) is 23.1 Å². The van der Waals surface area contributed by atoms with Gasteiger partial charge in [0.1, 0.15) is 5.75 Å². The number of hydrogen-bond donors (Lipinski definition) is 0. The summed E-state index contributed by atoms with van der Waals surface area (Å²) < 4.78 is 37.2. The Morgan fingerprint density at radius 2 is 1.72 bits per heavy atom. The zero-order chi connectivity index (χ0) is 27.7. The van der Waals surface area contributed by atoms with E-state index in [4.69, 9.17) is 4.74 Å². The molecule has 208 valence electrons. The van der Waals surface area contributed by atoms with Gasteiger partial charge in [-0.15, -0.1) is 0 Å². The van der Waals surface area contributed by atoms with Crippen molar-refractivity contribution in [2.45, 2.75) is 49.5 Å². The van der Waals surface area contributed by atoms with Crippen LogP contribution >= 0.6 is 0 Å². The van der Waals surface area contributed by atoms with Gasteiger partial charge in [-0.25, -0.2) is 13.2 Å². The van der Waals surface area contributed by atoms with Crippen LogP contribution in [-0.2, 0) is 35.3 Å². The van der Waals surface area contributed by atoms with Crippen LogP contribution in [0.1, 0.15) is 37.7 Å². The molecule has 2 aliphatic heterocycles. The molecule has 3 aromatic rings. The number of sulfonamides is 1. The van der Waals surface area contributed by atoms with E-state index in [-0.39, 0.29) is 41.9 Å². The number of piperidine rings is 1. The normalized spacial score (nSPS) is 19.8. The Hall–Kier alpha value is -3.44. The lowest BCUT2D eigenvalue weighted by Crippen LogP contribution is -2.49. The van der Waals surface area contributed by atoms with Gasteiger partial charge in [-0.2, -0.15) is 4.31 Å². The van der Waals surface area contributed by atoms with Crippen molar-refractivity contribution in [1.29, 1.82) is 0 Å². The molecule has 0 spiro atoms. The third kappa shape index (κ3) is 5.38. The summed E-state index contributed by atoms with van der Waals surface area (Å²) in [4.78, 5) is 40.5. The van der Waals surface area contributed by atoms with E-state index in [2.05, 4.69) is 6.07 Å². The molecule has 11 heteroatoms. The van der Waals surface area contributed by atoms with Gasteiger partial charge in [0.05, 0.1) is 29.0 Å². The maximum absolute atomic E-state index is 13.9. The summed E-state index contributed by atoms with van der Waals surface area (Å²) in [5, 5.41) is 0.119. The molecule has 0 radical (unpaired) electrons. The van der Waals surface area contributed by atoms with E-state index in [1.54, 1.807) is 0 Å². The molecule has 1 atom stereocenters. The molecule has 0 saturated carbocycles. The van der Waals surface area contributed by atoms with Crippen molar-refractivity contribution in [2.75, 3.05) is 26.2 Å². The third-order valence-corrected chi connectivity index (χ3v) is 9.66. The van der Waals surface area contributed by atoms with E-state index in [0.29, 0.717) is 18.5 Å². The highest BCUT2D eigenvalue weighted by Gasteiger charge is 2.32. The van der Waals surface area contributed by atoms with Gasteiger partial charge in [-0.1, -0.05) is 12.1 Å². The first-order valence-corrected chi connectivity index (χ1v) is 14.8. The molecule has 0 N–H and O–H groups in total. The predicted octanol–water partition coefficient (Wildman–Crippen LogP) is 2.02. The fraction of sp³-hybridized carbons (Fsp3) is 0.464. The zero-order valence-electron chi connectivity index (χ0n) is 22.3. The molecule has 5 rings (SSSR count). The fourth-order valence-electron chi connectivity index (χ4n) is 5.59. The highest BCUT2D eigenvalue weighted by atomic mass is 32.2. The number of carbonyl (C=O) groups is 1. The molecule has 1 aromatic heterocycles. The van der Waals surface area contributed by atoms with Crippen LogP contribution in [0.3, 0.4) is 0 Å². The van der Waals surface area contributed by atoms with Gasteiger partial charge in [-0.3, -0.25) is 18.7 Å². The highest BCUT2D eigenvalue weighted by Crippen LogP contribution is 2.25. The van der Waals surface area contributed by atoms with Crippen LogP contribution in [0.25, 0.3) is 10.9 Å². The lowest BCUT2D eigenvalue weighted by Gasteiger charge is -2.37. The number of aryl methyl sites for hydroxylation is 2. The first-order chi connectivity index (χ1) is 18.7. The Balaban J connectivity index is 1.51. The average molecular weight is 555 g/mol. The maximum atomic E-state index is 13.9. The van der Waals surface area contributed by atoms with Crippen molar-refractivity contribution < 1.29 is 17.9 Å². The van der Waals surface area contributed by atoms with Gasteiger partial charge in [-0.05, 0) is 74.4 Å². The number of amides is 1. The van der Waals surface area contributed by atoms with Gasteiger partial charge in [0.2, 0.25) is 15.9 Å². The minimum atomic E-state index is -4.14. The molecule has 39 heavy (non-hydrogen) atoms. The Morgan fingerprint density at radius 1 is 0.897 bits per heavy atom. The minimum Gasteiger partial charge on any atom is -0.494 e. The van der Waals surface area contributed by atoms with Crippen molar-refractivity contribution in [1.82, 2.24) is 18.3 Å². The van der Waals surface area contributed by atoms with E-state index in [9.17, 15) is 22.8 Å². The van der Waals surface area contributed by atoms with Crippen LogP contribution < -0.4 is 16.0 Å². The molecule has 2 aliphatic rings. The Kier molecular flexibility index (Phi) is 7.64. The summed E-state index contributed by atoms with van der Waals surface area (Å²) in [5.74, 6) is 0.528. The van der Waals surface area contributed by atoms with E-state index in [0.717, 1.165) is 48.0 Å². The van der Waals surface area contributed by atoms with Crippen LogP contribution in [-0.4, -0.2) is 64.9 Å². The first kappa shape index (κ1) is 27.1. The van der Waals surface area contributed by atoms with Crippen LogP contribution in [0.5, 0.6) is 5.75 Å². The quantitative estimate of drug-likeness (QED) is 0.479. The minimum absolute atomic E-state index is 0.0493. The molecule has 0 aliphatic carbocycles. The average Bonchev–Trinajstić information content (AvgIpc) is 2.94. The van der Waals surface area contributed by atoms with Crippen LogP contribution in [0.2, 0.25) is 0 Å². The topological polar surface area (TPSA) is 111 Å². The van der Waals surface area contributed by atoms with Crippen molar-refractivity contribution >= 4 is 26.8 Å². The molecule has 1 saturated heterocycles. The fourth-order valence-corrected chi connectivity index (χ4v) is 7.05. The van der Waals surface area contributed by atoms with Gasteiger partial charge in [0, 0.05) is 33.2 Å². The molecule has 1 unspecified atom stereocenters. The molecule has 2 aromatic carbocycles. The molecule has 10 nitrogen and oxygen atoms in total. The Labute approximate surface area is 227 Å². The molecular formula is C28H34N4O6S. The van der Waals surface area contributed by atoms with E-state index < -0.39 is 21.3 Å². The molecule has 3 heterocycles. The summed E-state index contributed by atoms with van der Waals surface area (Å²) in [6.07, 6.45) is 4.81. The summed E-state index contributed by atoms with van der Waals surface area (Å²) in [6, 6.07) is 12.1. The van der Waals surface area contributed by atoms with Crippen molar-refractivity contribution in [3.63, 3.8) is 0 Å². The second-order valence-corrected chi connectivity index (χ2v) is 12.3. The number of aromatic nitrogens is 2. The number of nitrogens with zero attached hydrogens (tertiary/aromatic N) is 4. The number of benzene rings is 2. The molecule has 2 bridgehead atoms. The summed E-state index contributed by atoms with van der Waals surface area (Å²) in [5.41, 5.74) is 0.428.